The van der Waals surface area contributed by atoms with Crippen molar-refractivity contribution in [2.75, 3.05) is 11.9 Å². The summed E-state index contributed by atoms with van der Waals surface area (Å²) in [6.45, 7) is 2.32. The second-order valence-corrected chi connectivity index (χ2v) is 6.43. The number of amides is 1. The second-order valence-electron chi connectivity index (χ2n) is 4.72. The first-order chi connectivity index (χ1) is 11.2. The quantitative estimate of drug-likeness (QED) is 0.896. The average molecular weight is 352 g/mol. The van der Waals surface area contributed by atoms with E-state index in [1.807, 2.05) is 13.0 Å². The van der Waals surface area contributed by atoms with Gasteiger partial charge in [-0.2, -0.15) is 0 Å². The normalized spacial score (nSPS) is 16.6. The number of thiophene rings is 1. The molecule has 1 aliphatic rings. The van der Waals surface area contributed by atoms with E-state index in [1.165, 1.54) is 11.3 Å². The van der Waals surface area contributed by atoms with E-state index in [0.717, 1.165) is 10.6 Å². The predicted molar refractivity (Wildman–Crippen MR) is 89.4 cm³/mol. The van der Waals surface area contributed by atoms with Gasteiger partial charge in [0.15, 0.2) is 0 Å². The monoisotopic (exact) mass is 351 g/mol. The third kappa shape index (κ3) is 3.62. The minimum Gasteiger partial charge on any atom is -0.476 e. The summed E-state index contributed by atoms with van der Waals surface area (Å²) < 4.78 is 6.06. The number of nitrogens with one attached hydrogen (secondary N) is 1. The predicted octanol–water partition coefficient (Wildman–Crippen LogP) is 3.33. The molecular formula is C15H14ClN3O3S. The first-order valence-electron chi connectivity index (χ1n) is 7.04. The van der Waals surface area contributed by atoms with Gasteiger partial charge < -0.3 is 14.9 Å². The van der Waals surface area contributed by atoms with E-state index in [4.69, 9.17) is 21.2 Å². The molecule has 1 amide bonds. The summed E-state index contributed by atoms with van der Waals surface area (Å²) in [5, 5.41) is 6.75. The molecule has 2 aromatic rings. The van der Waals surface area contributed by atoms with Crippen LogP contribution in [0.15, 0.2) is 35.6 Å². The Hall–Kier alpha value is -2.12. The Morgan fingerprint density at radius 3 is 3.13 bits per heavy atom. The van der Waals surface area contributed by atoms with Gasteiger partial charge in [-0.05, 0) is 31.2 Å². The molecule has 0 saturated heterocycles. The number of oxime groups is 1. The van der Waals surface area contributed by atoms with Gasteiger partial charge in [-0.25, -0.2) is 4.98 Å². The molecule has 3 heterocycles. The first-order valence-corrected chi connectivity index (χ1v) is 8.24. The Labute approximate surface area is 142 Å². The number of hydrogen-bond acceptors (Lipinski definition) is 6. The standard InChI is InChI=1S/C15H14ClN3O3S/c1-2-21-15-9(4-3-7-17-15)18-14(20)11-8-10(19-22-11)12-5-6-13(16)23-12/h3-7,11H,2,8H2,1H3,(H,18,20)/t11-/m0/s1. The summed E-state index contributed by atoms with van der Waals surface area (Å²) in [5.74, 6) is 0.0906. The van der Waals surface area contributed by atoms with Gasteiger partial charge in [-0.15, -0.1) is 11.3 Å². The van der Waals surface area contributed by atoms with E-state index >= 15 is 0 Å². The molecule has 1 N–H and O–H groups in total. The van der Waals surface area contributed by atoms with Crippen LogP contribution < -0.4 is 10.1 Å². The van der Waals surface area contributed by atoms with Crippen LogP contribution in [0.1, 0.15) is 18.2 Å². The molecule has 120 valence electrons. The Balaban J connectivity index is 1.64. The number of pyridine rings is 1. The summed E-state index contributed by atoms with van der Waals surface area (Å²) in [6.07, 6.45) is 1.32. The fraction of sp³-hybridized carbons (Fsp3) is 0.267. The highest BCUT2D eigenvalue weighted by Crippen LogP contribution is 2.27. The van der Waals surface area contributed by atoms with Crippen LogP contribution in [-0.4, -0.2) is 29.3 Å². The number of nitrogens with zero attached hydrogens (tertiary/aromatic N) is 2. The van der Waals surface area contributed by atoms with Gasteiger partial charge in [0.05, 0.1) is 15.8 Å². The molecule has 2 aromatic heterocycles. The van der Waals surface area contributed by atoms with Crippen LogP contribution in [0.4, 0.5) is 5.69 Å². The second kappa shape index (κ2) is 6.97. The molecule has 6 nitrogen and oxygen atoms in total. The van der Waals surface area contributed by atoms with Gasteiger partial charge in [0.1, 0.15) is 11.4 Å². The van der Waals surface area contributed by atoms with Crippen LogP contribution in [0.5, 0.6) is 5.88 Å². The molecule has 0 spiro atoms. The van der Waals surface area contributed by atoms with E-state index in [-0.39, 0.29) is 5.91 Å². The van der Waals surface area contributed by atoms with Crippen molar-refractivity contribution in [3.05, 3.63) is 39.7 Å². The summed E-state index contributed by atoms with van der Waals surface area (Å²) in [4.78, 5) is 22.6. The van der Waals surface area contributed by atoms with Gasteiger partial charge in [0.2, 0.25) is 12.0 Å². The SMILES string of the molecule is CCOc1ncccc1NC(=O)[C@@H]1CC(c2ccc(Cl)s2)=NO1. The van der Waals surface area contributed by atoms with Crippen molar-refractivity contribution in [3.8, 4) is 5.88 Å². The van der Waals surface area contributed by atoms with Gasteiger partial charge >= 0.3 is 0 Å². The molecule has 0 fully saturated rings. The summed E-state index contributed by atoms with van der Waals surface area (Å²) in [7, 11) is 0. The minimum atomic E-state index is -0.680. The third-order valence-electron chi connectivity index (χ3n) is 3.13. The Morgan fingerprint density at radius 2 is 2.39 bits per heavy atom. The first kappa shape index (κ1) is 15.8. The Kier molecular flexibility index (Phi) is 4.78. The average Bonchev–Trinajstić information content (AvgIpc) is 3.18. The highest BCUT2D eigenvalue weighted by Gasteiger charge is 2.30. The number of aromatic nitrogens is 1. The van der Waals surface area contributed by atoms with Crippen molar-refractivity contribution in [2.45, 2.75) is 19.4 Å². The number of hydrogen-bond donors (Lipinski definition) is 1. The van der Waals surface area contributed by atoms with Crippen LogP contribution in [-0.2, 0) is 9.63 Å². The number of carbonyl (C=O) groups excluding carboxylic acids is 1. The van der Waals surface area contributed by atoms with Crippen molar-refractivity contribution >= 4 is 40.2 Å². The Bertz CT molecular complexity index is 747. The highest BCUT2D eigenvalue weighted by molar-refractivity contribution is 7.18. The van der Waals surface area contributed by atoms with E-state index in [2.05, 4.69) is 15.5 Å². The zero-order chi connectivity index (χ0) is 16.2. The molecule has 8 heteroatoms. The zero-order valence-corrected chi connectivity index (χ0v) is 13.9. The van der Waals surface area contributed by atoms with Gasteiger partial charge in [-0.3, -0.25) is 4.79 Å². The summed E-state index contributed by atoms with van der Waals surface area (Å²) in [5.41, 5.74) is 1.23. The molecule has 0 radical (unpaired) electrons. The lowest BCUT2D eigenvalue weighted by atomic mass is 10.1. The molecule has 23 heavy (non-hydrogen) atoms. The molecule has 1 atom stereocenters. The van der Waals surface area contributed by atoms with Crippen LogP contribution >= 0.6 is 22.9 Å². The molecule has 3 rings (SSSR count). The van der Waals surface area contributed by atoms with Crippen LogP contribution in [0.25, 0.3) is 0 Å². The third-order valence-corrected chi connectivity index (χ3v) is 4.41. The van der Waals surface area contributed by atoms with Crippen molar-refractivity contribution in [1.82, 2.24) is 4.98 Å². The van der Waals surface area contributed by atoms with Crippen LogP contribution in [0.2, 0.25) is 4.34 Å². The maximum atomic E-state index is 12.3. The van der Waals surface area contributed by atoms with E-state index in [9.17, 15) is 4.79 Å². The lowest BCUT2D eigenvalue weighted by Gasteiger charge is -2.12. The van der Waals surface area contributed by atoms with Crippen molar-refractivity contribution in [1.29, 1.82) is 0 Å². The molecule has 0 saturated carbocycles. The largest absolute Gasteiger partial charge is 0.476 e. The molecule has 1 aliphatic heterocycles. The molecule has 0 aromatic carbocycles. The molecule has 0 aliphatic carbocycles. The Morgan fingerprint density at radius 1 is 1.52 bits per heavy atom. The van der Waals surface area contributed by atoms with E-state index in [0.29, 0.717) is 28.9 Å². The van der Waals surface area contributed by atoms with Crippen LogP contribution in [0.3, 0.4) is 0 Å². The van der Waals surface area contributed by atoms with Crippen molar-refractivity contribution < 1.29 is 14.4 Å². The number of halogens is 1. The number of carbonyl (C=O) groups is 1. The van der Waals surface area contributed by atoms with Gasteiger partial charge in [-0.1, -0.05) is 16.8 Å². The highest BCUT2D eigenvalue weighted by atomic mass is 35.5. The zero-order valence-electron chi connectivity index (χ0n) is 12.3. The minimum absolute atomic E-state index is 0.291. The fourth-order valence-electron chi connectivity index (χ4n) is 2.08. The number of anilines is 1. The lowest BCUT2D eigenvalue weighted by Crippen LogP contribution is -2.28. The maximum Gasteiger partial charge on any atom is 0.268 e. The number of ether oxygens (including phenoxy) is 1. The summed E-state index contributed by atoms with van der Waals surface area (Å²) >= 11 is 7.32. The van der Waals surface area contributed by atoms with Gasteiger partial charge in [0.25, 0.3) is 5.91 Å². The summed E-state index contributed by atoms with van der Waals surface area (Å²) in [6, 6.07) is 7.11. The maximum absolute atomic E-state index is 12.3. The van der Waals surface area contributed by atoms with E-state index < -0.39 is 6.10 Å². The van der Waals surface area contributed by atoms with Crippen LogP contribution in [0, 0.1) is 0 Å². The number of rotatable bonds is 5. The fourth-order valence-corrected chi connectivity index (χ4v) is 3.12. The molecular weight excluding hydrogens is 338 g/mol. The lowest BCUT2D eigenvalue weighted by molar-refractivity contribution is -0.125. The topological polar surface area (TPSA) is 72.8 Å². The molecule has 0 bridgehead atoms. The molecule has 0 unspecified atom stereocenters. The van der Waals surface area contributed by atoms with Gasteiger partial charge in [0, 0.05) is 12.6 Å². The van der Waals surface area contributed by atoms with E-state index in [1.54, 1.807) is 24.4 Å². The smallest absolute Gasteiger partial charge is 0.268 e. The van der Waals surface area contributed by atoms with Crippen molar-refractivity contribution in [2.24, 2.45) is 5.16 Å². The van der Waals surface area contributed by atoms with Crippen molar-refractivity contribution in [3.63, 3.8) is 0 Å².